The minimum absolute atomic E-state index is 0.0143. The molecule has 1 N–H and O–H groups in total. The molecule has 2 fully saturated rings. The van der Waals surface area contributed by atoms with Crippen LogP contribution in [0.15, 0.2) is 28.7 Å². The Bertz CT molecular complexity index is 678. The number of hydrogen-bond donors (Lipinski definition) is 1. The highest BCUT2D eigenvalue weighted by atomic mass is 79.9. The summed E-state index contributed by atoms with van der Waals surface area (Å²) in [5.74, 6) is -0.0646. The van der Waals surface area contributed by atoms with Crippen LogP contribution in [0.5, 0.6) is 0 Å². The zero-order chi connectivity index (χ0) is 19.2. The summed E-state index contributed by atoms with van der Waals surface area (Å²) in [6, 6.07) is 7.00. The van der Waals surface area contributed by atoms with Gasteiger partial charge in [-0.3, -0.25) is 14.4 Å². The van der Waals surface area contributed by atoms with Crippen LogP contribution in [0.3, 0.4) is 0 Å². The van der Waals surface area contributed by atoms with Crippen LogP contribution >= 0.6 is 15.9 Å². The van der Waals surface area contributed by atoms with E-state index in [4.69, 9.17) is 0 Å². The third-order valence-electron chi connectivity index (χ3n) is 5.37. The lowest BCUT2D eigenvalue weighted by molar-refractivity contribution is -0.141. The molecule has 0 bridgehead atoms. The fraction of sp³-hybridized carbons (Fsp3) is 0.550. The quantitative estimate of drug-likeness (QED) is 0.789. The molecule has 0 radical (unpaired) electrons. The summed E-state index contributed by atoms with van der Waals surface area (Å²) in [6.45, 7) is 2.90. The molecular weight excluding hydrogens is 410 g/mol. The van der Waals surface area contributed by atoms with Crippen LogP contribution in [-0.2, 0) is 9.59 Å². The van der Waals surface area contributed by atoms with Gasteiger partial charge in [0.05, 0.1) is 6.54 Å². The molecule has 0 saturated carbocycles. The molecule has 2 heterocycles. The Kier molecular flexibility index (Phi) is 6.88. The van der Waals surface area contributed by atoms with Crippen LogP contribution in [-0.4, -0.2) is 60.2 Å². The maximum absolute atomic E-state index is 12.6. The van der Waals surface area contributed by atoms with Crippen molar-refractivity contribution in [3.8, 4) is 0 Å². The molecule has 0 spiro atoms. The molecule has 6 nitrogen and oxygen atoms in total. The molecule has 0 aromatic heterocycles. The van der Waals surface area contributed by atoms with Crippen molar-refractivity contribution in [2.75, 3.05) is 32.7 Å². The highest BCUT2D eigenvalue weighted by molar-refractivity contribution is 9.10. The normalized spacial score (nSPS) is 18.3. The highest BCUT2D eigenvalue weighted by Gasteiger charge is 2.30. The van der Waals surface area contributed by atoms with Gasteiger partial charge in [-0.1, -0.05) is 15.9 Å². The second kappa shape index (κ2) is 9.35. The van der Waals surface area contributed by atoms with E-state index in [9.17, 15) is 14.4 Å². The Labute approximate surface area is 168 Å². The predicted octanol–water partition coefficient (Wildman–Crippen LogP) is 2.43. The van der Waals surface area contributed by atoms with Gasteiger partial charge >= 0.3 is 0 Å². The Morgan fingerprint density at radius 2 is 1.56 bits per heavy atom. The molecule has 2 aliphatic rings. The molecule has 27 heavy (non-hydrogen) atoms. The zero-order valence-corrected chi connectivity index (χ0v) is 17.0. The largest absolute Gasteiger partial charge is 0.343 e. The van der Waals surface area contributed by atoms with Gasteiger partial charge in [0.1, 0.15) is 0 Å². The number of likely N-dealkylation sites (tertiary alicyclic amines) is 2. The molecular formula is C20H26BrN3O3. The second-order valence-corrected chi connectivity index (χ2v) is 8.15. The zero-order valence-electron chi connectivity index (χ0n) is 15.5. The Hall–Kier alpha value is -1.89. The van der Waals surface area contributed by atoms with Crippen LogP contribution in [0.1, 0.15) is 42.5 Å². The molecule has 3 amide bonds. The van der Waals surface area contributed by atoms with E-state index in [0.717, 1.165) is 30.4 Å². The summed E-state index contributed by atoms with van der Waals surface area (Å²) in [4.78, 5) is 40.8. The molecule has 146 valence electrons. The third-order valence-corrected chi connectivity index (χ3v) is 5.90. The lowest BCUT2D eigenvalue weighted by Gasteiger charge is -2.35. The fourth-order valence-corrected chi connectivity index (χ4v) is 3.98. The van der Waals surface area contributed by atoms with Crippen LogP contribution in [0.25, 0.3) is 0 Å². The van der Waals surface area contributed by atoms with E-state index in [-0.39, 0.29) is 30.2 Å². The van der Waals surface area contributed by atoms with Crippen molar-refractivity contribution in [1.29, 1.82) is 0 Å². The first-order valence-electron chi connectivity index (χ1n) is 9.65. The molecule has 2 aliphatic heterocycles. The number of carbonyl (C=O) groups excluding carboxylic acids is 3. The topological polar surface area (TPSA) is 69.7 Å². The van der Waals surface area contributed by atoms with Crippen molar-refractivity contribution < 1.29 is 14.4 Å². The van der Waals surface area contributed by atoms with Gasteiger partial charge in [-0.05, 0) is 56.4 Å². The molecule has 1 aromatic rings. The van der Waals surface area contributed by atoms with Crippen LogP contribution in [0, 0.1) is 5.92 Å². The van der Waals surface area contributed by atoms with E-state index in [1.807, 2.05) is 4.90 Å². The molecule has 0 aliphatic carbocycles. The number of rotatable bonds is 4. The molecule has 1 aromatic carbocycles. The summed E-state index contributed by atoms with van der Waals surface area (Å²) in [6.07, 6.45) is 4.83. The first-order valence-corrected chi connectivity index (χ1v) is 10.4. The molecule has 3 rings (SSSR count). The van der Waals surface area contributed by atoms with Gasteiger partial charge in [0.25, 0.3) is 5.91 Å². The number of amides is 3. The smallest absolute Gasteiger partial charge is 0.251 e. The molecule has 7 heteroatoms. The first kappa shape index (κ1) is 19.9. The van der Waals surface area contributed by atoms with Gasteiger partial charge < -0.3 is 15.1 Å². The highest BCUT2D eigenvalue weighted by Crippen LogP contribution is 2.22. The minimum Gasteiger partial charge on any atom is -0.343 e. The van der Waals surface area contributed by atoms with Gasteiger partial charge in [0, 0.05) is 42.1 Å². The van der Waals surface area contributed by atoms with E-state index in [1.165, 1.54) is 6.42 Å². The summed E-state index contributed by atoms with van der Waals surface area (Å²) < 4.78 is 0.900. The summed E-state index contributed by atoms with van der Waals surface area (Å²) >= 11 is 3.33. The second-order valence-electron chi connectivity index (χ2n) is 7.23. The van der Waals surface area contributed by atoms with Crippen molar-refractivity contribution in [2.45, 2.75) is 32.1 Å². The van der Waals surface area contributed by atoms with E-state index < -0.39 is 0 Å². The SMILES string of the molecule is O=C(NCC(=O)N1CCC(C(=O)N2CCCCC2)CC1)c1ccc(Br)cc1. The average Bonchev–Trinajstić information content (AvgIpc) is 2.72. The standard InChI is InChI=1S/C20H26BrN3O3/c21-17-6-4-15(5-7-17)19(26)22-14-18(25)23-12-8-16(9-13-23)20(27)24-10-2-1-3-11-24/h4-7,16H,1-3,8-14H2,(H,22,26). The van der Waals surface area contributed by atoms with Crippen molar-refractivity contribution in [1.82, 2.24) is 15.1 Å². The van der Waals surface area contributed by atoms with E-state index in [2.05, 4.69) is 21.2 Å². The van der Waals surface area contributed by atoms with Crippen LogP contribution in [0.2, 0.25) is 0 Å². The van der Waals surface area contributed by atoms with E-state index >= 15 is 0 Å². The summed E-state index contributed by atoms with van der Waals surface area (Å²) in [7, 11) is 0. The van der Waals surface area contributed by atoms with Gasteiger partial charge in [-0.15, -0.1) is 0 Å². The Balaban J connectivity index is 1.42. The first-order chi connectivity index (χ1) is 13.0. The van der Waals surface area contributed by atoms with Crippen molar-refractivity contribution in [3.63, 3.8) is 0 Å². The van der Waals surface area contributed by atoms with Gasteiger partial charge in [-0.25, -0.2) is 0 Å². The number of piperidine rings is 2. The fourth-order valence-electron chi connectivity index (χ4n) is 3.72. The minimum atomic E-state index is -0.258. The van der Waals surface area contributed by atoms with E-state index in [0.29, 0.717) is 31.5 Å². The maximum atomic E-state index is 12.6. The van der Waals surface area contributed by atoms with Gasteiger partial charge in [0.2, 0.25) is 11.8 Å². The van der Waals surface area contributed by atoms with E-state index in [1.54, 1.807) is 29.2 Å². The average molecular weight is 436 g/mol. The number of nitrogens with one attached hydrogen (secondary N) is 1. The van der Waals surface area contributed by atoms with Crippen molar-refractivity contribution >= 4 is 33.7 Å². The van der Waals surface area contributed by atoms with Gasteiger partial charge in [-0.2, -0.15) is 0 Å². The molecule has 0 atom stereocenters. The Morgan fingerprint density at radius 1 is 0.926 bits per heavy atom. The number of benzene rings is 1. The molecule has 0 unspecified atom stereocenters. The predicted molar refractivity (Wildman–Crippen MR) is 106 cm³/mol. The number of halogens is 1. The lowest BCUT2D eigenvalue weighted by atomic mass is 9.94. The number of carbonyl (C=O) groups is 3. The van der Waals surface area contributed by atoms with Crippen LogP contribution in [0.4, 0.5) is 0 Å². The van der Waals surface area contributed by atoms with Crippen molar-refractivity contribution in [3.05, 3.63) is 34.3 Å². The Morgan fingerprint density at radius 3 is 2.19 bits per heavy atom. The third kappa shape index (κ3) is 5.31. The summed E-state index contributed by atoms with van der Waals surface area (Å²) in [5, 5.41) is 2.68. The monoisotopic (exact) mass is 435 g/mol. The van der Waals surface area contributed by atoms with Gasteiger partial charge in [0.15, 0.2) is 0 Å². The number of hydrogen-bond acceptors (Lipinski definition) is 3. The number of nitrogens with zero attached hydrogens (tertiary/aromatic N) is 2. The summed E-state index contributed by atoms with van der Waals surface area (Å²) in [5.41, 5.74) is 0.525. The van der Waals surface area contributed by atoms with Crippen molar-refractivity contribution in [2.24, 2.45) is 5.92 Å². The lowest BCUT2D eigenvalue weighted by Crippen LogP contribution is -2.47. The van der Waals surface area contributed by atoms with Crippen LogP contribution < -0.4 is 5.32 Å². The maximum Gasteiger partial charge on any atom is 0.251 e. The molecule has 2 saturated heterocycles.